The second-order valence-electron chi connectivity index (χ2n) is 3.51. The van der Waals surface area contributed by atoms with Crippen LogP contribution in [0.3, 0.4) is 0 Å². The van der Waals surface area contributed by atoms with E-state index in [4.69, 9.17) is 5.26 Å². The summed E-state index contributed by atoms with van der Waals surface area (Å²) in [6, 6.07) is 5.71. The van der Waals surface area contributed by atoms with Gasteiger partial charge in [0.15, 0.2) is 6.19 Å². The molecule has 0 spiro atoms. The van der Waals surface area contributed by atoms with Crippen molar-refractivity contribution in [2.45, 2.75) is 0 Å². The monoisotopic (exact) mass is 238 g/mol. The molecule has 0 bridgehead atoms. The van der Waals surface area contributed by atoms with Gasteiger partial charge in [-0.05, 0) is 35.4 Å². The van der Waals surface area contributed by atoms with Crippen molar-refractivity contribution in [2.75, 3.05) is 0 Å². The van der Waals surface area contributed by atoms with Crippen molar-refractivity contribution in [3.05, 3.63) is 48.6 Å². The largest absolute Gasteiger partial charge is 0.361 e. The molecular formula is C13H10N4O. The van der Waals surface area contributed by atoms with Crippen LogP contribution in [0.15, 0.2) is 42.9 Å². The van der Waals surface area contributed by atoms with Crippen LogP contribution < -0.4 is 5.32 Å². The maximum Gasteiger partial charge on any atom is 0.257 e. The van der Waals surface area contributed by atoms with E-state index in [2.05, 4.69) is 9.97 Å². The van der Waals surface area contributed by atoms with Gasteiger partial charge in [0.05, 0.1) is 0 Å². The van der Waals surface area contributed by atoms with E-state index in [0.717, 1.165) is 16.8 Å². The van der Waals surface area contributed by atoms with E-state index < -0.39 is 5.91 Å². The lowest BCUT2D eigenvalue weighted by Gasteiger charge is -1.93. The molecule has 2 rings (SSSR count). The van der Waals surface area contributed by atoms with Crippen LogP contribution in [0.2, 0.25) is 0 Å². The quantitative estimate of drug-likeness (QED) is 0.485. The Bertz CT molecular complexity index is 607. The lowest BCUT2D eigenvalue weighted by molar-refractivity contribution is -0.115. The van der Waals surface area contributed by atoms with Gasteiger partial charge in [0, 0.05) is 30.4 Å². The van der Waals surface area contributed by atoms with Gasteiger partial charge in [-0.15, -0.1) is 0 Å². The van der Waals surface area contributed by atoms with E-state index in [1.54, 1.807) is 24.7 Å². The fourth-order valence-electron chi connectivity index (χ4n) is 1.48. The van der Waals surface area contributed by atoms with Crippen molar-refractivity contribution >= 4 is 12.0 Å². The van der Waals surface area contributed by atoms with Crippen molar-refractivity contribution < 1.29 is 4.79 Å². The summed E-state index contributed by atoms with van der Waals surface area (Å²) in [7, 11) is 0. The molecule has 5 nitrogen and oxygen atoms in total. The molecule has 88 valence electrons. The minimum absolute atomic E-state index is 0.447. The number of aromatic amines is 1. The third-order valence-electron chi connectivity index (χ3n) is 2.31. The minimum Gasteiger partial charge on any atom is -0.361 e. The summed E-state index contributed by atoms with van der Waals surface area (Å²) in [6.07, 6.45) is 9.76. The zero-order valence-electron chi connectivity index (χ0n) is 9.42. The van der Waals surface area contributed by atoms with Crippen LogP contribution in [0, 0.1) is 11.5 Å². The van der Waals surface area contributed by atoms with E-state index in [-0.39, 0.29) is 0 Å². The lowest BCUT2D eigenvalue weighted by atomic mass is 10.1. The third-order valence-corrected chi connectivity index (χ3v) is 2.31. The molecule has 2 aromatic heterocycles. The molecule has 0 unspecified atom stereocenters. The maximum atomic E-state index is 11.1. The summed E-state index contributed by atoms with van der Waals surface area (Å²) >= 11 is 0. The number of aromatic nitrogens is 2. The number of nitrogens with one attached hydrogen (secondary N) is 2. The van der Waals surface area contributed by atoms with Gasteiger partial charge in [-0.1, -0.05) is 0 Å². The molecule has 1 amide bonds. The minimum atomic E-state index is -0.447. The molecular weight excluding hydrogens is 228 g/mol. The van der Waals surface area contributed by atoms with E-state index in [0.29, 0.717) is 0 Å². The molecule has 2 heterocycles. The van der Waals surface area contributed by atoms with Gasteiger partial charge in [-0.25, -0.2) is 0 Å². The number of amides is 1. The number of pyridine rings is 1. The molecule has 0 fully saturated rings. The summed E-state index contributed by atoms with van der Waals surface area (Å²) < 4.78 is 0. The first-order valence-corrected chi connectivity index (χ1v) is 5.25. The molecule has 0 atom stereocenters. The smallest absolute Gasteiger partial charge is 0.257 e. The lowest BCUT2D eigenvalue weighted by Crippen LogP contribution is -2.13. The molecule has 0 saturated carbocycles. The Labute approximate surface area is 104 Å². The molecule has 2 aromatic rings. The van der Waals surface area contributed by atoms with Crippen molar-refractivity contribution in [3.63, 3.8) is 0 Å². The number of nitriles is 1. The predicted molar refractivity (Wildman–Crippen MR) is 66.8 cm³/mol. The van der Waals surface area contributed by atoms with Gasteiger partial charge in [-0.2, -0.15) is 5.26 Å². The average molecular weight is 238 g/mol. The van der Waals surface area contributed by atoms with Crippen LogP contribution in [0.5, 0.6) is 0 Å². The molecule has 0 aliphatic carbocycles. The predicted octanol–water partition coefficient (Wildman–Crippen LogP) is 1.69. The van der Waals surface area contributed by atoms with Gasteiger partial charge in [-0.3, -0.25) is 15.1 Å². The van der Waals surface area contributed by atoms with E-state index in [1.807, 2.05) is 29.7 Å². The molecule has 2 N–H and O–H groups in total. The second kappa shape index (κ2) is 5.46. The standard InChI is InChI=1S/C13H10N4O/c14-9-17-13(18)2-1-12-7-11(8-16-12)10-3-5-15-6-4-10/h1-8,16H,(H,17,18)/b2-1+. The highest BCUT2D eigenvalue weighted by molar-refractivity contribution is 5.92. The molecule has 0 aromatic carbocycles. The van der Waals surface area contributed by atoms with Crippen LogP contribution in [-0.2, 0) is 4.79 Å². The first kappa shape index (κ1) is 11.6. The van der Waals surface area contributed by atoms with Gasteiger partial charge in [0.1, 0.15) is 0 Å². The Hall–Kier alpha value is -2.87. The average Bonchev–Trinajstić information content (AvgIpc) is 2.87. The van der Waals surface area contributed by atoms with Gasteiger partial charge in [0.25, 0.3) is 5.91 Å². The summed E-state index contributed by atoms with van der Waals surface area (Å²) in [6.45, 7) is 0. The van der Waals surface area contributed by atoms with Crippen LogP contribution in [0.4, 0.5) is 0 Å². The van der Waals surface area contributed by atoms with E-state index in [1.165, 1.54) is 6.08 Å². The number of rotatable bonds is 3. The van der Waals surface area contributed by atoms with E-state index >= 15 is 0 Å². The summed E-state index contributed by atoms with van der Waals surface area (Å²) in [5.74, 6) is -0.447. The van der Waals surface area contributed by atoms with Crippen molar-refractivity contribution in [3.8, 4) is 17.3 Å². The van der Waals surface area contributed by atoms with Gasteiger partial charge < -0.3 is 4.98 Å². The molecule has 18 heavy (non-hydrogen) atoms. The first-order chi connectivity index (χ1) is 8.79. The fourth-order valence-corrected chi connectivity index (χ4v) is 1.48. The van der Waals surface area contributed by atoms with E-state index in [9.17, 15) is 4.79 Å². The Morgan fingerprint density at radius 2 is 2.17 bits per heavy atom. The Morgan fingerprint density at radius 1 is 1.39 bits per heavy atom. The Balaban J connectivity index is 2.12. The Morgan fingerprint density at radius 3 is 2.89 bits per heavy atom. The number of hydrogen-bond donors (Lipinski definition) is 2. The molecule has 0 saturated heterocycles. The maximum absolute atomic E-state index is 11.1. The topological polar surface area (TPSA) is 81.6 Å². The van der Waals surface area contributed by atoms with Crippen LogP contribution in [0.1, 0.15) is 5.69 Å². The number of nitrogens with zero attached hydrogens (tertiary/aromatic N) is 2. The van der Waals surface area contributed by atoms with Crippen molar-refractivity contribution in [1.82, 2.24) is 15.3 Å². The van der Waals surface area contributed by atoms with Gasteiger partial charge in [0.2, 0.25) is 0 Å². The Kier molecular flexibility index (Phi) is 3.52. The summed E-state index contributed by atoms with van der Waals surface area (Å²) in [4.78, 5) is 18.0. The number of carbonyl (C=O) groups excluding carboxylic acids is 1. The van der Waals surface area contributed by atoms with Crippen molar-refractivity contribution in [2.24, 2.45) is 0 Å². The van der Waals surface area contributed by atoms with Gasteiger partial charge >= 0.3 is 0 Å². The fraction of sp³-hybridized carbons (Fsp3) is 0. The molecule has 0 aliphatic rings. The zero-order valence-corrected chi connectivity index (χ0v) is 9.42. The van der Waals surface area contributed by atoms with Crippen molar-refractivity contribution in [1.29, 1.82) is 5.26 Å². The van der Waals surface area contributed by atoms with Crippen LogP contribution >= 0.6 is 0 Å². The number of carbonyl (C=O) groups is 1. The normalized spacial score (nSPS) is 10.2. The highest BCUT2D eigenvalue weighted by atomic mass is 16.1. The highest BCUT2D eigenvalue weighted by Crippen LogP contribution is 2.19. The number of hydrogen-bond acceptors (Lipinski definition) is 3. The molecule has 0 radical (unpaired) electrons. The SMILES string of the molecule is N#CNC(=O)/C=C/c1cc(-c2ccncc2)c[nH]1. The third kappa shape index (κ3) is 2.83. The first-order valence-electron chi connectivity index (χ1n) is 5.25. The second-order valence-corrected chi connectivity index (χ2v) is 3.51. The summed E-state index contributed by atoms with van der Waals surface area (Å²) in [5.41, 5.74) is 2.84. The number of H-pyrrole nitrogens is 1. The molecule has 5 heteroatoms. The molecule has 0 aliphatic heterocycles. The van der Waals surface area contributed by atoms with Crippen LogP contribution in [0.25, 0.3) is 17.2 Å². The highest BCUT2D eigenvalue weighted by Gasteiger charge is 2.00. The summed E-state index contributed by atoms with van der Waals surface area (Å²) in [5, 5.41) is 10.3. The van der Waals surface area contributed by atoms with Crippen LogP contribution in [-0.4, -0.2) is 15.9 Å². The zero-order chi connectivity index (χ0) is 12.8.